The minimum Gasteiger partial charge on any atom is -0.486 e. The monoisotopic (exact) mass is 216 g/mol. The number of nitrogens with two attached hydrogens (primary N) is 1. The van der Waals surface area contributed by atoms with Gasteiger partial charge in [0, 0.05) is 18.1 Å². The Labute approximate surface area is 93.0 Å². The quantitative estimate of drug-likeness (QED) is 0.781. The molecule has 2 aromatic rings. The van der Waals surface area contributed by atoms with Crippen LogP contribution in [0.1, 0.15) is 0 Å². The Morgan fingerprint density at radius 2 is 2.31 bits per heavy atom. The van der Waals surface area contributed by atoms with Crippen LogP contribution in [0.2, 0.25) is 0 Å². The van der Waals surface area contributed by atoms with Crippen molar-refractivity contribution in [3.8, 4) is 11.5 Å². The lowest BCUT2D eigenvalue weighted by Gasteiger charge is -2.26. The molecule has 0 amide bonds. The van der Waals surface area contributed by atoms with Crippen molar-refractivity contribution in [1.29, 1.82) is 0 Å². The maximum absolute atomic E-state index is 5.78. The summed E-state index contributed by atoms with van der Waals surface area (Å²) in [6, 6.07) is 7.79. The van der Waals surface area contributed by atoms with Crippen LogP contribution in [0.4, 0.5) is 0 Å². The number of fused-ring (bicyclic) bond motifs is 3. The van der Waals surface area contributed by atoms with Gasteiger partial charge in [-0.15, -0.1) is 0 Å². The van der Waals surface area contributed by atoms with Gasteiger partial charge in [-0.05, 0) is 18.2 Å². The molecule has 4 nitrogen and oxygen atoms in total. The van der Waals surface area contributed by atoms with Crippen molar-refractivity contribution >= 4 is 10.9 Å². The van der Waals surface area contributed by atoms with Crippen molar-refractivity contribution in [2.75, 3.05) is 13.2 Å². The minimum atomic E-state index is -0.0832. The van der Waals surface area contributed by atoms with Gasteiger partial charge in [0.05, 0.1) is 0 Å². The molecule has 0 spiro atoms. The van der Waals surface area contributed by atoms with Crippen molar-refractivity contribution < 1.29 is 9.47 Å². The van der Waals surface area contributed by atoms with Gasteiger partial charge in [0.1, 0.15) is 18.2 Å². The zero-order chi connectivity index (χ0) is 11.0. The van der Waals surface area contributed by atoms with E-state index in [2.05, 4.69) is 4.98 Å². The van der Waals surface area contributed by atoms with Crippen LogP contribution in [0.5, 0.6) is 11.5 Å². The fourth-order valence-corrected chi connectivity index (χ4v) is 1.83. The Morgan fingerprint density at radius 3 is 3.19 bits per heavy atom. The number of nitrogens with zero attached hydrogens (tertiary/aromatic N) is 1. The van der Waals surface area contributed by atoms with Crippen molar-refractivity contribution in [2.45, 2.75) is 6.10 Å². The highest BCUT2D eigenvalue weighted by atomic mass is 16.6. The molecule has 2 N–H and O–H groups in total. The number of hydrogen-bond donors (Lipinski definition) is 1. The van der Waals surface area contributed by atoms with E-state index >= 15 is 0 Å². The van der Waals surface area contributed by atoms with Crippen LogP contribution >= 0.6 is 0 Å². The highest BCUT2D eigenvalue weighted by Crippen LogP contribution is 2.37. The summed E-state index contributed by atoms with van der Waals surface area (Å²) >= 11 is 0. The molecule has 1 aliphatic rings. The molecule has 1 aromatic heterocycles. The molecule has 0 saturated carbocycles. The van der Waals surface area contributed by atoms with E-state index in [0.717, 1.165) is 16.7 Å². The molecule has 0 radical (unpaired) electrons. The molecule has 3 rings (SSSR count). The fraction of sp³-hybridized carbons (Fsp3) is 0.250. The summed E-state index contributed by atoms with van der Waals surface area (Å²) in [5, 5.41) is 1.04. The lowest BCUT2D eigenvalue weighted by atomic mass is 10.2. The van der Waals surface area contributed by atoms with E-state index in [1.54, 1.807) is 6.20 Å². The predicted molar refractivity (Wildman–Crippen MR) is 60.7 cm³/mol. The molecule has 1 atom stereocenters. The van der Waals surface area contributed by atoms with Crippen molar-refractivity contribution in [1.82, 2.24) is 4.98 Å². The first-order valence-electron chi connectivity index (χ1n) is 5.26. The molecular weight excluding hydrogens is 204 g/mol. The summed E-state index contributed by atoms with van der Waals surface area (Å²) in [6.07, 6.45) is 1.66. The number of ether oxygens (including phenoxy) is 2. The average molecular weight is 216 g/mol. The summed E-state index contributed by atoms with van der Waals surface area (Å²) in [5.41, 5.74) is 6.41. The Balaban J connectivity index is 2.17. The van der Waals surface area contributed by atoms with Gasteiger partial charge in [0.15, 0.2) is 11.5 Å². The van der Waals surface area contributed by atoms with Crippen LogP contribution in [-0.4, -0.2) is 24.2 Å². The highest BCUT2D eigenvalue weighted by molar-refractivity contribution is 5.87. The summed E-state index contributed by atoms with van der Waals surface area (Å²) in [5.74, 6) is 1.45. The highest BCUT2D eigenvalue weighted by Gasteiger charge is 2.22. The van der Waals surface area contributed by atoms with Crippen LogP contribution < -0.4 is 15.2 Å². The Hall–Kier alpha value is -1.81. The number of benzene rings is 1. The van der Waals surface area contributed by atoms with Gasteiger partial charge in [-0.25, -0.2) is 0 Å². The van der Waals surface area contributed by atoms with Gasteiger partial charge in [-0.2, -0.15) is 0 Å². The maximum Gasteiger partial charge on any atom is 0.188 e. The lowest BCUT2D eigenvalue weighted by Crippen LogP contribution is -2.35. The summed E-state index contributed by atoms with van der Waals surface area (Å²) < 4.78 is 11.4. The van der Waals surface area contributed by atoms with E-state index in [4.69, 9.17) is 15.2 Å². The summed E-state index contributed by atoms with van der Waals surface area (Å²) in [4.78, 5) is 4.32. The molecule has 1 unspecified atom stereocenters. The number of aromatic nitrogens is 1. The lowest BCUT2D eigenvalue weighted by molar-refractivity contribution is 0.0987. The van der Waals surface area contributed by atoms with E-state index in [1.807, 2.05) is 24.3 Å². The van der Waals surface area contributed by atoms with Crippen molar-refractivity contribution in [3.05, 3.63) is 30.5 Å². The number of pyridine rings is 1. The molecule has 2 heterocycles. The molecule has 0 saturated heterocycles. The standard InChI is InChI=1S/C12H12N2O2/c13-6-9-7-15-10-4-3-8-2-1-5-14-11(8)12(10)16-9/h1-5,9H,6-7,13H2. The minimum absolute atomic E-state index is 0.0832. The topological polar surface area (TPSA) is 57.4 Å². The zero-order valence-corrected chi connectivity index (χ0v) is 8.72. The third-order valence-electron chi connectivity index (χ3n) is 2.66. The van der Waals surface area contributed by atoms with Gasteiger partial charge in [-0.1, -0.05) is 6.07 Å². The van der Waals surface area contributed by atoms with Gasteiger partial charge < -0.3 is 15.2 Å². The summed E-state index contributed by atoms with van der Waals surface area (Å²) in [6.45, 7) is 0.949. The van der Waals surface area contributed by atoms with E-state index in [0.29, 0.717) is 18.9 Å². The first kappa shape index (κ1) is 9.42. The second-order valence-electron chi connectivity index (χ2n) is 3.75. The van der Waals surface area contributed by atoms with Crippen LogP contribution in [0.15, 0.2) is 30.5 Å². The third-order valence-corrected chi connectivity index (χ3v) is 2.66. The molecule has 0 aliphatic carbocycles. The maximum atomic E-state index is 5.78. The van der Waals surface area contributed by atoms with E-state index < -0.39 is 0 Å². The number of rotatable bonds is 1. The first-order chi connectivity index (χ1) is 7.88. The van der Waals surface area contributed by atoms with Gasteiger partial charge >= 0.3 is 0 Å². The van der Waals surface area contributed by atoms with Crippen molar-refractivity contribution in [2.24, 2.45) is 5.73 Å². The Kier molecular flexibility index (Phi) is 2.15. The molecule has 4 heteroatoms. The molecule has 1 aliphatic heterocycles. The Morgan fingerprint density at radius 1 is 1.38 bits per heavy atom. The van der Waals surface area contributed by atoms with Crippen LogP contribution in [0.25, 0.3) is 10.9 Å². The number of hydrogen-bond acceptors (Lipinski definition) is 4. The van der Waals surface area contributed by atoms with Crippen LogP contribution in [0.3, 0.4) is 0 Å². The average Bonchev–Trinajstić information content (AvgIpc) is 2.38. The molecule has 16 heavy (non-hydrogen) atoms. The smallest absolute Gasteiger partial charge is 0.188 e. The molecule has 0 bridgehead atoms. The van der Waals surface area contributed by atoms with Gasteiger partial charge in [-0.3, -0.25) is 4.98 Å². The molecule has 82 valence electrons. The molecule has 1 aromatic carbocycles. The Bertz CT molecular complexity index is 527. The second kappa shape index (κ2) is 3.64. The second-order valence-corrected chi connectivity index (χ2v) is 3.75. The molecule has 0 fully saturated rings. The summed E-state index contributed by atoms with van der Waals surface area (Å²) in [7, 11) is 0. The van der Waals surface area contributed by atoms with E-state index in [1.165, 1.54) is 0 Å². The van der Waals surface area contributed by atoms with E-state index in [9.17, 15) is 0 Å². The van der Waals surface area contributed by atoms with Crippen LogP contribution in [-0.2, 0) is 0 Å². The van der Waals surface area contributed by atoms with E-state index in [-0.39, 0.29) is 6.10 Å². The third kappa shape index (κ3) is 1.39. The first-order valence-corrected chi connectivity index (χ1v) is 5.26. The largest absolute Gasteiger partial charge is 0.486 e. The fourth-order valence-electron chi connectivity index (χ4n) is 1.83. The zero-order valence-electron chi connectivity index (χ0n) is 8.72. The molecular formula is C12H12N2O2. The SMILES string of the molecule is NCC1COc2ccc3cccnc3c2O1. The van der Waals surface area contributed by atoms with Crippen LogP contribution in [0, 0.1) is 0 Å². The normalized spacial score (nSPS) is 18.7. The predicted octanol–water partition coefficient (Wildman–Crippen LogP) is 1.33. The van der Waals surface area contributed by atoms with Gasteiger partial charge in [0.2, 0.25) is 0 Å². The van der Waals surface area contributed by atoms with Gasteiger partial charge in [0.25, 0.3) is 0 Å². The van der Waals surface area contributed by atoms with Crippen molar-refractivity contribution in [3.63, 3.8) is 0 Å².